The van der Waals surface area contributed by atoms with Crippen LogP contribution in [0.5, 0.6) is 0 Å². The van der Waals surface area contributed by atoms with Crippen LogP contribution >= 0.6 is 0 Å². The first-order valence-electron chi connectivity index (χ1n) is 10.6. The molecule has 33 heavy (non-hydrogen) atoms. The largest absolute Gasteiger partial charge is 0.465 e. The number of hydrogen-bond donors (Lipinski definition) is 0. The molecule has 7 heteroatoms. The molecule has 0 saturated carbocycles. The van der Waals surface area contributed by atoms with E-state index in [0.717, 1.165) is 16.8 Å². The summed E-state index contributed by atoms with van der Waals surface area (Å²) in [6.45, 7) is 1.95. The summed E-state index contributed by atoms with van der Waals surface area (Å²) in [5.74, 6) is -1.88. The number of hydroxylamine groups is 1. The van der Waals surface area contributed by atoms with Crippen LogP contribution in [0.4, 0.5) is 11.4 Å². The molecule has 7 nitrogen and oxygen atoms in total. The normalized spacial score (nSPS) is 21.9. The first-order valence-corrected chi connectivity index (χ1v) is 10.6. The second kappa shape index (κ2) is 8.18. The fraction of sp³-hybridized carbons (Fsp3) is 0.192. The smallest absolute Gasteiger partial charge is 0.337 e. The molecule has 2 heterocycles. The number of fused-ring (bicyclic) bond motifs is 1. The van der Waals surface area contributed by atoms with Crippen LogP contribution in [0.3, 0.4) is 0 Å². The number of methoxy groups -OCH3 is 1. The van der Waals surface area contributed by atoms with Crippen molar-refractivity contribution >= 4 is 29.2 Å². The van der Waals surface area contributed by atoms with E-state index in [9.17, 15) is 14.4 Å². The molecule has 166 valence electrons. The SMILES string of the molecule is COC(=O)c1ccc([C@@H]2[C@H]3C(=O)N(c4ccccc4)C(=O)[C@H]3ON2c2ccccc2C)cc1. The summed E-state index contributed by atoms with van der Waals surface area (Å²) >= 11 is 0. The highest BCUT2D eigenvalue weighted by Crippen LogP contribution is 2.48. The first-order chi connectivity index (χ1) is 16.0. The number of rotatable bonds is 4. The number of anilines is 2. The zero-order chi connectivity index (χ0) is 23.1. The summed E-state index contributed by atoms with van der Waals surface area (Å²) in [5.41, 5.74) is 3.41. The summed E-state index contributed by atoms with van der Waals surface area (Å²) in [6, 6.07) is 22.8. The van der Waals surface area contributed by atoms with Crippen molar-refractivity contribution in [2.24, 2.45) is 5.92 Å². The van der Waals surface area contributed by atoms with E-state index < -0.39 is 24.0 Å². The molecule has 2 aliphatic heterocycles. The van der Waals surface area contributed by atoms with Gasteiger partial charge in [0.15, 0.2) is 6.10 Å². The van der Waals surface area contributed by atoms with E-state index in [0.29, 0.717) is 11.3 Å². The number of benzene rings is 3. The van der Waals surface area contributed by atoms with Crippen LogP contribution in [-0.4, -0.2) is 31.0 Å². The number of nitrogens with zero attached hydrogens (tertiary/aromatic N) is 2. The van der Waals surface area contributed by atoms with Crippen molar-refractivity contribution in [3.8, 4) is 0 Å². The molecule has 5 rings (SSSR count). The third kappa shape index (κ3) is 3.37. The second-order valence-corrected chi connectivity index (χ2v) is 8.07. The third-order valence-electron chi connectivity index (χ3n) is 6.16. The maximum absolute atomic E-state index is 13.6. The van der Waals surface area contributed by atoms with Gasteiger partial charge in [-0.25, -0.2) is 14.8 Å². The minimum absolute atomic E-state index is 0.311. The number of aryl methyl sites for hydroxylation is 1. The number of esters is 1. The van der Waals surface area contributed by atoms with Gasteiger partial charge in [-0.05, 0) is 48.4 Å². The fourth-order valence-corrected chi connectivity index (χ4v) is 4.54. The monoisotopic (exact) mass is 442 g/mol. The van der Waals surface area contributed by atoms with Crippen LogP contribution in [-0.2, 0) is 19.2 Å². The van der Waals surface area contributed by atoms with E-state index in [1.807, 2.05) is 37.3 Å². The zero-order valence-electron chi connectivity index (χ0n) is 18.2. The lowest BCUT2D eigenvalue weighted by atomic mass is 9.90. The molecule has 0 unspecified atom stereocenters. The van der Waals surface area contributed by atoms with E-state index in [1.165, 1.54) is 12.0 Å². The lowest BCUT2D eigenvalue weighted by Gasteiger charge is -2.29. The van der Waals surface area contributed by atoms with Crippen LogP contribution < -0.4 is 9.96 Å². The molecule has 0 radical (unpaired) electrons. The van der Waals surface area contributed by atoms with Gasteiger partial charge in [-0.3, -0.25) is 14.4 Å². The number of imide groups is 1. The van der Waals surface area contributed by atoms with Gasteiger partial charge >= 0.3 is 5.97 Å². The molecule has 3 aromatic rings. The number of carbonyl (C=O) groups excluding carboxylic acids is 3. The number of ether oxygens (including phenoxy) is 1. The van der Waals surface area contributed by atoms with E-state index in [-0.39, 0.29) is 11.8 Å². The Kier molecular flexibility index (Phi) is 5.18. The zero-order valence-corrected chi connectivity index (χ0v) is 18.2. The van der Waals surface area contributed by atoms with E-state index in [1.54, 1.807) is 53.6 Å². The summed E-state index contributed by atoms with van der Waals surface area (Å²) in [6.07, 6.45) is -0.942. The number of amides is 2. The molecule has 2 aliphatic rings. The molecular weight excluding hydrogens is 420 g/mol. The predicted molar refractivity (Wildman–Crippen MR) is 121 cm³/mol. The molecule has 0 bridgehead atoms. The van der Waals surface area contributed by atoms with E-state index in [4.69, 9.17) is 9.57 Å². The third-order valence-corrected chi connectivity index (χ3v) is 6.16. The van der Waals surface area contributed by atoms with Crippen molar-refractivity contribution in [3.63, 3.8) is 0 Å². The van der Waals surface area contributed by atoms with E-state index in [2.05, 4.69) is 0 Å². The van der Waals surface area contributed by atoms with Gasteiger partial charge < -0.3 is 4.74 Å². The van der Waals surface area contributed by atoms with E-state index >= 15 is 0 Å². The summed E-state index contributed by atoms with van der Waals surface area (Å²) in [7, 11) is 1.33. The molecule has 2 saturated heterocycles. The average molecular weight is 442 g/mol. The van der Waals surface area contributed by atoms with Gasteiger partial charge in [0.05, 0.1) is 30.1 Å². The molecule has 0 aromatic heterocycles. The lowest BCUT2D eigenvalue weighted by molar-refractivity contribution is -0.126. The maximum Gasteiger partial charge on any atom is 0.337 e. The molecule has 0 N–H and O–H groups in total. The van der Waals surface area contributed by atoms with Gasteiger partial charge in [-0.1, -0.05) is 48.5 Å². The van der Waals surface area contributed by atoms with Crippen LogP contribution in [0.2, 0.25) is 0 Å². The van der Waals surface area contributed by atoms with Crippen molar-refractivity contribution < 1.29 is 24.0 Å². The van der Waals surface area contributed by atoms with Crippen LogP contribution in [0, 0.1) is 12.8 Å². The standard InChI is InChI=1S/C26H22N2O5/c1-16-8-6-7-11-20(16)28-22(17-12-14-18(15-13-17)26(31)32-2)21-23(33-28)25(30)27(24(21)29)19-9-4-3-5-10-19/h3-15,21-23H,1-2H3/t21-,22-,23+/m1/s1. The Morgan fingerprint density at radius 3 is 2.21 bits per heavy atom. The van der Waals surface area contributed by atoms with Gasteiger partial charge in [0, 0.05) is 0 Å². The Labute approximate surface area is 191 Å². The highest BCUT2D eigenvalue weighted by atomic mass is 16.7. The molecule has 3 aromatic carbocycles. The van der Waals surface area contributed by atoms with Gasteiger partial charge in [0.25, 0.3) is 5.91 Å². The summed E-state index contributed by atoms with van der Waals surface area (Å²) < 4.78 is 4.79. The Balaban J connectivity index is 1.59. The van der Waals surface area contributed by atoms with Crippen LogP contribution in [0.25, 0.3) is 0 Å². The minimum atomic E-state index is -0.942. The predicted octanol–water partition coefficient (Wildman–Crippen LogP) is 3.83. The summed E-state index contributed by atoms with van der Waals surface area (Å²) in [4.78, 5) is 46.2. The van der Waals surface area contributed by atoms with Crippen molar-refractivity contribution in [2.45, 2.75) is 19.1 Å². The summed E-state index contributed by atoms with van der Waals surface area (Å²) in [5, 5.41) is 1.66. The average Bonchev–Trinajstić information content (AvgIpc) is 3.35. The first kappa shape index (κ1) is 20.9. The fourth-order valence-electron chi connectivity index (χ4n) is 4.54. The molecule has 2 amide bonds. The number of hydrogen-bond acceptors (Lipinski definition) is 6. The number of carbonyl (C=O) groups is 3. The van der Waals surface area contributed by atoms with Gasteiger partial charge in [0.2, 0.25) is 5.91 Å². The highest BCUT2D eigenvalue weighted by Gasteiger charge is 2.60. The van der Waals surface area contributed by atoms with Gasteiger partial charge in [0.1, 0.15) is 5.92 Å². The Morgan fingerprint density at radius 2 is 1.55 bits per heavy atom. The van der Waals surface area contributed by atoms with Gasteiger partial charge in [-0.2, -0.15) is 0 Å². The second-order valence-electron chi connectivity index (χ2n) is 8.07. The van der Waals surface area contributed by atoms with Crippen LogP contribution in [0.1, 0.15) is 27.5 Å². The molecule has 2 fully saturated rings. The van der Waals surface area contributed by atoms with Gasteiger partial charge in [-0.15, -0.1) is 0 Å². The van der Waals surface area contributed by atoms with Crippen LogP contribution in [0.15, 0.2) is 78.9 Å². The highest BCUT2D eigenvalue weighted by molar-refractivity contribution is 6.23. The molecular formula is C26H22N2O5. The topological polar surface area (TPSA) is 76.2 Å². The van der Waals surface area contributed by atoms with Crippen molar-refractivity contribution in [3.05, 3.63) is 95.6 Å². The molecule has 0 spiro atoms. The quantitative estimate of drug-likeness (QED) is 0.452. The van der Waals surface area contributed by atoms with Crippen molar-refractivity contribution in [1.82, 2.24) is 0 Å². The Bertz CT molecular complexity index is 1220. The lowest BCUT2D eigenvalue weighted by Crippen LogP contribution is -2.37. The maximum atomic E-state index is 13.6. The number of para-hydroxylation sites is 2. The van der Waals surface area contributed by atoms with Crippen molar-refractivity contribution in [1.29, 1.82) is 0 Å². The molecule has 3 atom stereocenters. The molecule has 0 aliphatic carbocycles. The minimum Gasteiger partial charge on any atom is -0.465 e. The Morgan fingerprint density at radius 1 is 0.879 bits per heavy atom. The van der Waals surface area contributed by atoms with Crippen molar-refractivity contribution in [2.75, 3.05) is 17.1 Å². The Hall–Kier alpha value is -3.97.